The molecule has 90 valence electrons. The Morgan fingerprint density at radius 1 is 1.41 bits per heavy atom. The fraction of sp³-hybridized carbons (Fsp3) is 0.333. The Bertz CT molecular complexity index is 458. The summed E-state index contributed by atoms with van der Waals surface area (Å²) in [5, 5.41) is 8.90. The van der Waals surface area contributed by atoms with Gasteiger partial charge in [0.15, 0.2) is 0 Å². The number of likely N-dealkylation sites (tertiary alicyclic amines) is 1. The largest absolute Gasteiger partial charge is 0.496 e. The second-order valence-corrected chi connectivity index (χ2v) is 3.84. The van der Waals surface area contributed by atoms with Crippen LogP contribution in [0.15, 0.2) is 24.3 Å². The molecule has 0 radical (unpaired) electrons. The average molecular weight is 235 g/mol. The number of hydrogen-bond donors (Lipinski definition) is 1. The van der Waals surface area contributed by atoms with E-state index in [1.807, 2.05) is 0 Å². The van der Waals surface area contributed by atoms with E-state index in [0.29, 0.717) is 24.3 Å². The van der Waals surface area contributed by atoms with Crippen molar-refractivity contribution in [3.8, 4) is 5.75 Å². The number of nitrogens with zero attached hydrogens (tertiary/aromatic N) is 1. The van der Waals surface area contributed by atoms with Gasteiger partial charge in [0.2, 0.25) is 0 Å². The molecule has 1 N–H and O–H groups in total. The number of carbonyl (C=O) groups is 2. The number of hydrogen-bond acceptors (Lipinski definition) is 3. The molecule has 1 atom stereocenters. The lowest BCUT2D eigenvalue weighted by Gasteiger charge is -2.38. The second kappa shape index (κ2) is 4.45. The predicted octanol–water partition coefficient (Wildman–Crippen LogP) is 0.994. The van der Waals surface area contributed by atoms with Crippen LogP contribution in [-0.4, -0.2) is 41.6 Å². The molecule has 1 fully saturated rings. The van der Waals surface area contributed by atoms with Crippen LogP contribution >= 0.6 is 0 Å². The first kappa shape index (κ1) is 11.4. The minimum atomic E-state index is -0.959. The monoisotopic (exact) mass is 235 g/mol. The Morgan fingerprint density at radius 3 is 2.65 bits per heavy atom. The molecule has 1 aliphatic heterocycles. The first-order valence-corrected chi connectivity index (χ1v) is 5.32. The molecular weight excluding hydrogens is 222 g/mol. The summed E-state index contributed by atoms with van der Waals surface area (Å²) in [6.07, 6.45) is 0.510. The summed E-state index contributed by atoms with van der Waals surface area (Å²) in [5.41, 5.74) is 0.404. The second-order valence-electron chi connectivity index (χ2n) is 3.84. The van der Waals surface area contributed by atoms with E-state index in [1.54, 1.807) is 24.3 Å². The minimum Gasteiger partial charge on any atom is -0.496 e. The third-order valence-corrected chi connectivity index (χ3v) is 2.90. The van der Waals surface area contributed by atoms with Crippen LogP contribution in [-0.2, 0) is 4.79 Å². The molecule has 1 aromatic rings. The van der Waals surface area contributed by atoms with Gasteiger partial charge in [-0.05, 0) is 18.6 Å². The normalized spacial score (nSPS) is 18.4. The fourth-order valence-electron chi connectivity index (χ4n) is 1.86. The quantitative estimate of drug-likeness (QED) is 0.848. The molecule has 0 bridgehead atoms. The van der Waals surface area contributed by atoms with Crippen LogP contribution in [0.2, 0.25) is 0 Å². The Balaban J connectivity index is 2.23. The van der Waals surface area contributed by atoms with E-state index in [4.69, 9.17) is 9.84 Å². The van der Waals surface area contributed by atoms with Gasteiger partial charge in [-0.3, -0.25) is 4.79 Å². The molecule has 0 saturated carbocycles. The number of rotatable bonds is 3. The van der Waals surface area contributed by atoms with Crippen LogP contribution in [0, 0.1) is 0 Å². The number of benzene rings is 1. The van der Waals surface area contributed by atoms with Crippen LogP contribution in [0.3, 0.4) is 0 Å². The molecule has 5 heteroatoms. The van der Waals surface area contributed by atoms with Gasteiger partial charge in [0.05, 0.1) is 12.7 Å². The number of carboxylic acid groups (broad SMARTS) is 1. The lowest BCUT2D eigenvalue weighted by atomic mass is 10.0. The average Bonchev–Trinajstić information content (AvgIpc) is 2.26. The molecule has 2 rings (SSSR count). The Morgan fingerprint density at radius 2 is 2.12 bits per heavy atom. The molecule has 0 spiro atoms. The highest BCUT2D eigenvalue weighted by Gasteiger charge is 2.38. The third-order valence-electron chi connectivity index (χ3n) is 2.90. The highest BCUT2D eigenvalue weighted by atomic mass is 16.5. The van der Waals surface area contributed by atoms with Crippen molar-refractivity contribution in [3.05, 3.63) is 29.8 Å². The first-order valence-electron chi connectivity index (χ1n) is 5.32. The fourth-order valence-corrected chi connectivity index (χ4v) is 1.86. The zero-order chi connectivity index (χ0) is 12.4. The number of para-hydroxylation sites is 1. The van der Waals surface area contributed by atoms with Crippen molar-refractivity contribution in [2.24, 2.45) is 0 Å². The molecule has 1 heterocycles. The van der Waals surface area contributed by atoms with Gasteiger partial charge in [-0.25, -0.2) is 4.79 Å². The van der Waals surface area contributed by atoms with Crippen LogP contribution in [0.4, 0.5) is 0 Å². The van der Waals surface area contributed by atoms with Gasteiger partial charge >= 0.3 is 5.97 Å². The van der Waals surface area contributed by atoms with Gasteiger partial charge in [-0.2, -0.15) is 0 Å². The van der Waals surface area contributed by atoms with E-state index in [2.05, 4.69) is 0 Å². The summed E-state index contributed by atoms with van der Waals surface area (Å²) in [6.45, 7) is 0.480. The summed E-state index contributed by atoms with van der Waals surface area (Å²) in [4.78, 5) is 24.3. The van der Waals surface area contributed by atoms with E-state index in [1.165, 1.54) is 12.0 Å². The molecular formula is C12H13NO4. The summed E-state index contributed by atoms with van der Waals surface area (Å²) in [7, 11) is 1.48. The number of ether oxygens (including phenoxy) is 1. The summed E-state index contributed by atoms with van der Waals surface area (Å²) in [5.74, 6) is -0.783. The summed E-state index contributed by atoms with van der Waals surface area (Å²) >= 11 is 0. The molecule has 1 unspecified atom stereocenters. The van der Waals surface area contributed by atoms with Gasteiger partial charge in [-0.15, -0.1) is 0 Å². The molecule has 5 nitrogen and oxygen atoms in total. The Labute approximate surface area is 98.6 Å². The van der Waals surface area contributed by atoms with Gasteiger partial charge in [-0.1, -0.05) is 12.1 Å². The minimum absolute atomic E-state index is 0.291. The molecule has 1 amide bonds. The van der Waals surface area contributed by atoms with Crippen molar-refractivity contribution < 1.29 is 19.4 Å². The lowest BCUT2D eigenvalue weighted by Crippen LogP contribution is -2.55. The zero-order valence-corrected chi connectivity index (χ0v) is 9.42. The number of carboxylic acids is 1. The Hall–Kier alpha value is -2.04. The summed E-state index contributed by atoms with van der Waals surface area (Å²) in [6, 6.07) is 6.11. The maximum absolute atomic E-state index is 12.1. The summed E-state index contributed by atoms with van der Waals surface area (Å²) < 4.78 is 5.09. The van der Waals surface area contributed by atoms with Crippen LogP contribution in [0.5, 0.6) is 5.75 Å². The van der Waals surface area contributed by atoms with Crippen molar-refractivity contribution in [2.75, 3.05) is 13.7 Å². The number of methoxy groups -OCH3 is 1. The predicted molar refractivity (Wildman–Crippen MR) is 60.1 cm³/mol. The van der Waals surface area contributed by atoms with Gasteiger partial charge in [0, 0.05) is 6.54 Å². The lowest BCUT2D eigenvalue weighted by molar-refractivity contribution is -0.146. The van der Waals surface area contributed by atoms with Crippen LogP contribution in [0.25, 0.3) is 0 Å². The zero-order valence-electron chi connectivity index (χ0n) is 9.42. The highest BCUT2D eigenvalue weighted by Crippen LogP contribution is 2.25. The standard InChI is InChI=1S/C12H13NO4/c1-17-10-5-3-2-4-8(10)11(14)13-7-6-9(13)12(15)16/h2-5,9H,6-7H2,1H3,(H,15,16). The number of aliphatic carboxylic acids is 1. The maximum atomic E-state index is 12.1. The highest BCUT2D eigenvalue weighted by molar-refractivity contribution is 5.99. The van der Waals surface area contributed by atoms with Gasteiger partial charge < -0.3 is 14.7 Å². The van der Waals surface area contributed by atoms with Crippen molar-refractivity contribution in [1.82, 2.24) is 4.90 Å². The molecule has 1 saturated heterocycles. The van der Waals surface area contributed by atoms with E-state index >= 15 is 0 Å². The Kier molecular flexibility index (Phi) is 2.99. The maximum Gasteiger partial charge on any atom is 0.326 e. The SMILES string of the molecule is COc1ccccc1C(=O)N1CCC1C(=O)O. The number of carbonyl (C=O) groups excluding carboxylic acids is 1. The smallest absolute Gasteiger partial charge is 0.326 e. The van der Waals surface area contributed by atoms with Gasteiger partial charge in [0.1, 0.15) is 11.8 Å². The topological polar surface area (TPSA) is 66.8 Å². The van der Waals surface area contributed by atoms with E-state index in [-0.39, 0.29) is 5.91 Å². The third kappa shape index (κ3) is 1.95. The molecule has 1 aromatic carbocycles. The number of amides is 1. The van der Waals surface area contributed by atoms with Gasteiger partial charge in [0.25, 0.3) is 5.91 Å². The molecule has 1 aliphatic rings. The van der Waals surface area contributed by atoms with Crippen molar-refractivity contribution >= 4 is 11.9 Å². The first-order chi connectivity index (χ1) is 8.15. The van der Waals surface area contributed by atoms with Crippen molar-refractivity contribution in [1.29, 1.82) is 0 Å². The van der Waals surface area contributed by atoms with Crippen molar-refractivity contribution in [2.45, 2.75) is 12.5 Å². The van der Waals surface area contributed by atoms with E-state index < -0.39 is 12.0 Å². The van der Waals surface area contributed by atoms with E-state index in [0.717, 1.165) is 0 Å². The van der Waals surface area contributed by atoms with Crippen LogP contribution in [0.1, 0.15) is 16.8 Å². The molecule has 17 heavy (non-hydrogen) atoms. The molecule has 0 aromatic heterocycles. The van der Waals surface area contributed by atoms with E-state index in [9.17, 15) is 9.59 Å². The van der Waals surface area contributed by atoms with Crippen molar-refractivity contribution in [3.63, 3.8) is 0 Å². The van der Waals surface area contributed by atoms with Crippen LogP contribution < -0.4 is 4.74 Å². The molecule has 0 aliphatic carbocycles.